The van der Waals surface area contributed by atoms with Crippen LogP contribution >= 0.6 is 0 Å². The lowest BCUT2D eigenvalue weighted by atomic mass is 10.1. The van der Waals surface area contributed by atoms with Gasteiger partial charge in [-0.05, 0) is 32.0 Å². The van der Waals surface area contributed by atoms with Crippen LogP contribution in [0.15, 0.2) is 30.9 Å². The number of phenols is 1. The maximum Gasteiger partial charge on any atom is 0.276 e. The Labute approximate surface area is 155 Å². The maximum atomic E-state index is 12.7. The Bertz CT molecular complexity index is 1060. The number of primary amides is 1. The Hall–Kier alpha value is -3.62. The van der Waals surface area contributed by atoms with Crippen molar-refractivity contribution < 1.29 is 14.7 Å². The lowest BCUT2D eigenvalue weighted by Gasteiger charge is -2.09. The molecule has 1 aromatic carbocycles. The van der Waals surface area contributed by atoms with E-state index in [0.717, 1.165) is 5.69 Å². The number of carbonyl (C=O) groups is 2. The van der Waals surface area contributed by atoms with Crippen LogP contribution in [0.3, 0.4) is 0 Å². The topological polar surface area (TPSA) is 128 Å². The number of hydrogen-bond acceptors (Lipinski definition) is 5. The van der Waals surface area contributed by atoms with E-state index >= 15 is 0 Å². The van der Waals surface area contributed by atoms with Crippen molar-refractivity contribution in [1.82, 2.24) is 19.3 Å². The van der Waals surface area contributed by atoms with Crippen LogP contribution in [-0.2, 0) is 13.1 Å². The minimum atomic E-state index is -0.682. The van der Waals surface area contributed by atoms with Gasteiger partial charge in [0, 0.05) is 18.7 Å². The molecule has 0 radical (unpaired) electrons. The van der Waals surface area contributed by atoms with Crippen molar-refractivity contribution in [3.63, 3.8) is 0 Å². The number of nitrogens with two attached hydrogens (primary N) is 1. The third-order valence-electron chi connectivity index (χ3n) is 4.08. The van der Waals surface area contributed by atoms with Crippen molar-refractivity contribution in [2.75, 3.05) is 5.32 Å². The van der Waals surface area contributed by atoms with Gasteiger partial charge in [-0.25, -0.2) is 4.98 Å². The van der Waals surface area contributed by atoms with Crippen molar-refractivity contribution in [2.45, 2.75) is 26.9 Å². The van der Waals surface area contributed by atoms with Gasteiger partial charge in [0.1, 0.15) is 17.0 Å². The average molecular weight is 368 g/mol. The fraction of sp³-hybridized carbons (Fsp3) is 0.222. The summed E-state index contributed by atoms with van der Waals surface area (Å²) in [7, 11) is 0. The summed E-state index contributed by atoms with van der Waals surface area (Å²) >= 11 is 0. The number of rotatable bonds is 6. The van der Waals surface area contributed by atoms with Crippen LogP contribution in [0.25, 0.3) is 11.0 Å². The number of aryl methyl sites for hydroxylation is 2. The van der Waals surface area contributed by atoms with E-state index in [-0.39, 0.29) is 23.2 Å². The van der Waals surface area contributed by atoms with E-state index in [9.17, 15) is 14.7 Å². The van der Waals surface area contributed by atoms with Crippen molar-refractivity contribution in [3.05, 3.63) is 47.8 Å². The normalized spacial score (nSPS) is 10.9. The summed E-state index contributed by atoms with van der Waals surface area (Å²) in [4.78, 5) is 28.5. The molecule has 0 fully saturated rings. The molecule has 9 heteroatoms. The molecule has 0 saturated heterocycles. The number of anilines is 1. The third kappa shape index (κ3) is 3.26. The highest BCUT2D eigenvalue weighted by atomic mass is 16.3. The van der Waals surface area contributed by atoms with Crippen LogP contribution in [0.4, 0.5) is 5.95 Å². The molecule has 3 aromatic rings. The zero-order valence-electron chi connectivity index (χ0n) is 15.1. The number of nitrogens with one attached hydrogen (secondary N) is 1. The zero-order valence-corrected chi connectivity index (χ0v) is 15.1. The first kappa shape index (κ1) is 18.2. The second-order valence-electron chi connectivity index (χ2n) is 6.00. The monoisotopic (exact) mass is 368 g/mol. The number of imidazole rings is 1. The number of phenolic OH excluding ortho intramolecular Hbond substituents is 1. The van der Waals surface area contributed by atoms with E-state index in [1.807, 2.05) is 6.92 Å². The van der Waals surface area contributed by atoms with Gasteiger partial charge in [-0.1, -0.05) is 6.08 Å². The quantitative estimate of drug-likeness (QED) is 0.572. The number of aromatic hydroxyl groups is 1. The number of carbonyl (C=O) groups excluding carboxylic acids is 2. The second kappa shape index (κ2) is 6.94. The van der Waals surface area contributed by atoms with Crippen molar-refractivity contribution in [1.29, 1.82) is 0 Å². The summed E-state index contributed by atoms with van der Waals surface area (Å²) in [6, 6.07) is 4.42. The molecular formula is C18H20N6O3. The molecule has 3 rings (SSSR count). The molecule has 0 aliphatic carbocycles. The first-order valence-corrected chi connectivity index (χ1v) is 8.35. The lowest BCUT2D eigenvalue weighted by Crippen LogP contribution is -2.19. The standard InChI is InChI=1S/C18H20N6O3/c1-4-6-23-15-12(8-11(16(19)26)9-14(15)25)20-18(23)21-17(27)13-7-10(3)22-24(13)5-2/h4,7-9,25H,1,5-6H2,2-3H3,(H2,19,26)(H,20,21,27). The Balaban J connectivity index is 2.08. The highest BCUT2D eigenvalue weighted by molar-refractivity contribution is 6.04. The number of aromatic nitrogens is 4. The molecule has 4 N–H and O–H groups in total. The van der Waals surface area contributed by atoms with E-state index in [0.29, 0.717) is 29.8 Å². The molecule has 27 heavy (non-hydrogen) atoms. The molecule has 2 amide bonds. The molecule has 2 aromatic heterocycles. The van der Waals surface area contributed by atoms with Gasteiger partial charge in [0.15, 0.2) is 0 Å². The molecule has 140 valence electrons. The van der Waals surface area contributed by atoms with Gasteiger partial charge >= 0.3 is 0 Å². The second-order valence-corrected chi connectivity index (χ2v) is 6.00. The Morgan fingerprint density at radius 2 is 2.11 bits per heavy atom. The van der Waals surface area contributed by atoms with Crippen molar-refractivity contribution in [2.24, 2.45) is 5.73 Å². The number of amides is 2. The fourth-order valence-corrected chi connectivity index (χ4v) is 2.93. The van der Waals surface area contributed by atoms with Crippen LogP contribution in [0, 0.1) is 6.92 Å². The Morgan fingerprint density at radius 3 is 2.74 bits per heavy atom. The molecule has 0 unspecified atom stereocenters. The first-order valence-electron chi connectivity index (χ1n) is 8.35. The summed E-state index contributed by atoms with van der Waals surface area (Å²) < 4.78 is 3.19. The maximum absolute atomic E-state index is 12.7. The summed E-state index contributed by atoms with van der Waals surface area (Å²) in [6.07, 6.45) is 1.61. The van der Waals surface area contributed by atoms with E-state index in [2.05, 4.69) is 22.0 Å². The number of hydrogen-bond donors (Lipinski definition) is 3. The molecular weight excluding hydrogens is 348 g/mol. The largest absolute Gasteiger partial charge is 0.506 e. The smallest absolute Gasteiger partial charge is 0.276 e. The molecule has 0 spiro atoms. The van der Waals surface area contributed by atoms with Crippen molar-refractivity contribution >= 4 is 28.8 Å². The van der Waals surface area contributed by atoms with Crippen LogP contribution in [0.2, 0.25) is 0 Å². The highest BCUT2D eigenvalue weighted by Gasteiger charge is 2.20. The summed E-state index contributed by atoms with van der Waals surface area (Å²) in [6.45, 7) is 8.23. The van der Waals surface area contributed by atoms with Gasteiger partial charge in [-0.3, -0.25) is 19.6 Å². The van der Waals surface area contributed by atoms with E-state index in [1.54, 1.807) is 28.3 Å². The Morgan fingerprint density at radius 1 is 1.37 bits per heavy atom. The SMILES string of the molecule is C=CCn1c(NC(=O)c2cc(C)nn2CC)nc2cc(C(N)=O)cc(O)c21. The molecule has 0 aliphatic rings. The molecule has 0 atom stereocenters. The van der Waals surface area contributed by atoms with Crippen LogP contribution in [0.1, 0.15) is 33.5 Å². The van der Waals surface area contributed by atoms with Gasteiger partial charge in [-0.15, -0.1) is 6.58 Å². The highest BCUT2D eigenvalue weighted by Crippen LogP contribution is 2.30. The van der Waals surface area contributed by atoms with E-state index < -0.39 is 5.91 Å². The molecule has 2 heterocycles. The van der Waals surface area contributed by atoms with E-state index in [4.69, 9.17) is 5.73 Å². The fourth-order valence-electron chi connectivity index (χ4n) is 2.93. The molecule has 0 bridgehead atoms. The summed E-state index contributed by atoms with van der Waals surface area (Å²) in [5.41, 5.74) is 7.24. The Kier molecular flexibility index (Phi) is 4.68. The molecule has 9 nitrogen and oxygen atoms in total. The van der Waals surface area contributed by atoms with Crippen LogP contribution in [0.5, 0.6) is 5.75 Å². The van der Waals surface area contributed by atoms with Gasteiger partial charge in [0.25, 0.3) is 5.91 Å². The average Bonchev–Trinajstić information content (AvgIpc) is 3.16. The predicted octanol–water partition coefficient (Wildman–Crippen LogP) is 1.80. The first-order chi connectivity index (χ1) is 12.8. The number of nitrogens with zero attached hydrogens (tertiary/aromatic N) is 4. The summed E-state index contributed by atoms with van der Waals surface area (Å²) in [5, 5.41) is 17.3. The lowest BCUT2D eigenvalue weighted by molar-refractivity contribution is 0.0995. The number of allylic oxidation sites excluding steroid dienone is 1. The van der Waals surface area contributed by atoms with Crippen LogP contribution in [-0.4, -0.2) is 36.3 Å². The van der Waals surface area contributed by atoms with Gasteiger partial charge in [0.2, 0.25) is 11.9 Å². The minimum Gasteiger partial charge on any atom is -0.506 e. The van der Waals surface area contributed by atoms with Gasteiger partial charge < -0.3 is 15.4 Å². The van der Waals surface area contributed by atoms with E-state index in [1.165, 1.54) is 12.1 Å². The van der Waals surface area contributed by atoms with Gasteiger partial charge in [-0.2, -0.15) is 5.10 Å². The molecule has 0 aliphatic heterocycles. The molecule has 0 saturated carbocycles. The number of benzene rings is 1. The van der Waals surface area contributed by atoms with Crippen molar-refractivity contribution in [3.8, 4) is 5.75 Å². The third-order valence-corrected chi connectivity index (χ3v) is 4.08. The predicted molar refractivity (Wildman–Crippen MR) is 101 cm³/mol. The summed E-state index contributed by atoms with van der Waals surface area (Å²) in [5.74, 6) is -1.01. The van der Waals surface area contributed by atoms with Crippen LogP contribution < -0.4 is 11.1 Å². The van der Waals surface area contributed by atoms with Gasteiger partial charge in [0.05, 0.1) is 11.2 Å². The zero-order chi connectivity index (χ0) is 19.7. The minimum absolute atomic E-state index is 0.126. The number of fused-ring (bicyclic) bond motifs is 1.